The van der Waals surface area contributed by atoms with Crippen LogP contribution < -0.4 is 11.1 Å². The van der Waals surface area contributed by atoms with Crippen LogP contribution in [0.2, 0.25) is 0 Å². The Balaban J connectivity index is 2.43. The summed E-state index contributed by atoms with van der Waals surface area (Å²) >= 11 is 0. The molecule has 102 valence electrons. The highest BCUT2D eigenvalue weighted by molar-refractivity contribution is 5.48. The van der Waals surface area contributed by atoms with Crippen LogP contribution in [0.1, 0.15) is 31.4 Å². The number of rotatable bonds is 7. The van der Waals surface area contributed by atoms with E-state index in [0.717, 1.165) is 31.8 Å². The first kappa shape index (κ1) is 15.0. The van der Waals surface area contributed by atoms with Crippen molar-refractivity contribution in [2.45, 2.75) is 33.7 Å². The predicted octanol–water partition coefficient (Wildman–Crippen LogP) is 2.73. The zero-order valence-electron chi connectivity index (χ0n) is 12.0. The number of ether oxygens (including phenoxy) is 1. The fourth-order valence-electron chi connectivity index (χ4n) is 1.89. The molecular formula is C15H26N2O. The van der Waals surface area contributed by atoms with E-state index in [1.165, 1.54) is 11.1 Å². The van der Waals surface area contributed by atoms with Gasteiger partial charge in [0.2, 0.25) is 0 Å². The summed E-state index contributed by atoms with van der Waals surface area (Å²) in [6, 6.07) is 6.16. The number of nitrogen functional groups attached to an aromatic ring is 1. The van der Waals surface area contributed by atoms with Crippen LogP contribution in [-0.4, -0.2) is 20.3 Å². The number of nitrogens with one attached hydrogen (secondary N) is 1. The number of benzene rings is 1. The third kappa shape index (κ3) is 5.07. The topological polar surface area (TPSA) is 47.3 Å². The number of anilines is 1. The van der Waals surface area contributed by atoms with Crippen molar-refractivity contribution in [3.63, 3.8) is 0 Å². The van der Waals surface area contributed by atoms with Crippen molar-refractivity contribution in [1.29, 1.82) is 0 Å². The van der Waals surface area contributed by atoms with E-state index in [2.05, 4.69) is 32.2 Å². The zero-order valence-corrected chi connectivity index (χ0v) is 12.0. The third-order valence-corrected chi connectivity index (χ3v) is 3.20. The Kier molecular flexibility index (Phi) is 5.63. The van der Waals surface area contributed by atoms with Gasteiger partial charge in [0.05, 0.1) is 0 Å². The van der Waals surface area contributed by atoms with Crippen LogP contribution in [0.3, 0.4) is 0 Å². The largest absolute Gasteiger partial charge is 0.398 e. The Morgan fingerprint density at radius 3 is 2.72 bits per heavy atom. The molecule has 3 N–H and O–H groups in total. The lowest BCUT2D eigenvalue weighted by Gasteiger charge is -2.25. The van der Waals surface area contributed by atoms with Crippen LogP contribution in [0.25, 0.3) is 0 Å². The molecule has 1 aromatic rings. The van der Waals surface area contributed by atoms with Crippen LogP contribution in [0.15, 0.2) is 18.2 Å². The van der Waals surface area contributed by atoms with Gasteiger partial charge in [-0.1, -0.05) is 31.5 Å². The molecule has 0 heterocycles. The van der Waals surface area contributed by atoms with Gasteiger partial charge in [-0.25, -0.2) is 0 Å². The molecule has 0 amide bonds. The third-order valence-electron chi connectivity index (χ3n) is 3.20. The van der Waals surface area contributed by atoms with Crippen molar-refractivity contribution in [2.75, 3.05) is 26.0 Å². The minimum atomic E-state index is 0.245. The van der Waals surface area contributed by atoms with E-state index in [4.69, 9.17) is 10.5 Å². The normalized spacial score (nSPS) is 11.8. The fraction of sp³-hybridized carbons (Fsp3) is 0.600. The van der Waals surface area contributed by atoms with E-state index in [9.17, 15) is 0 Å². The first-order valence-electron chi connectivity index (χ1n) is 6.49. The predicted molar refractivity (Wildman–Crippen MR) is 77.6 cm³/mol. The molecule has 0 aliphatic carbocycles. The summed E-state index contributed by atoms with van der Waals surface area (Å²) in [6.07, 6.45) is 1.06. The average Bonchev–Trinajstić information content (AvgIpc) is 2.31. The maximum Gasteiger partial charge on any atom is 0.0467 e. The lowest BCUT2D eigenvalue weighted by molar-refractivity contribution is 0.150. The maximum absolute atomic E-state index is 5.96. The van der Waals surface area contributed by atoms with Gasteiger partial charge in [-0.15, -0.1) is 0 Å². The lowest BCUT2D eigenvalue weighted by atomic mass is 9.89. The highest BCUT2D eigenvalue weighted by atomic mass is 16.5. The van der Waals surface area contributed by atoms with E-state index in [1.54, 1.807) is 7.11 Å². The van der Waals surface area contributed by atoms with Crippen LogP contribution in [0.5, 0.6) is 0 Å². The molecule has 0 unspecified atom stereocenters. The molecule has 1 rings (SSSR count). The van der Waals surface area contributed by atoms with Crippen molar-refractivity contribution < 1.29 is 4.74 Å². The van der Waals surface area contributed by atoms with Gasteiger partial charge in [0.25, 0.3) is 0 Å². The Morgan fingerprint density at radius 1 is 1.33 bits per heavy atom. The number of hydrogen-bond donors (Lipinski definition) is 2. The first-order chi connectivity index (χ1) is 8.44. The zero-order chi connectivity index (χ0) is 13.6. The van der Waals surface area contributed by atoms with Crippen molar-refractivity contribution in [3.05, 3.63) is 29.3 Å². The van der Waals surface area contributed by atoms with Crippen LogP contribution in [0, 0.1) is 12.3 Å². The van der Waals surface area contributed by atoms with Crippen LogP contribution in [0.4, 0.5) is 5.69 Å². The second-order valence-corrected chi connectivity index (χ2v) is 5.71. The Bertz CT molecular complexity index is 375. The van der Waals surface area contributed by atoms with Gasteiger partial charge in [0.15, 0.2) is 0 Å². The molecule has 1 aromatic carbocycles. The average molecular weight is 250 g/mol. The molecule has 3 nitrogen and oxygen atoms in total. The Hall–Kier alpha value is -1.06. The molecule has 18 heavy (non-hydrogen) atoms. The van der Waals surface area contributed by atoms with E-state index in [0.29, 0.717) is 0 Å². The lowest BCUT2D eigenvalue weighted by Crippen LogP contribution is -2.30. The Labute approximate surface area is 111 Å². The second-order valence-electron chi connectivity index (χ2n) is 5.71. The Morgan fingerprint density at radius 2 is 2.06 bits per heavy atom. The van der Waals surface area contributed by atoms with Gasteiger partial charge < -0.3 is 15.8 Å². The minimum Gasteiger partial charge on any atom is -0.398 e. The molecule has 0 atom stereocenters. The SMILES string of the molecule is COCCC(C)(C)CNCc1cc(C)ccc1N. The smallest absolute Gasteiger partial charge is 0.0467 e. The van der Waals surface area contributed by atoms with Crippen molar-refractivity contribution in [3.8, 4) is 0 Å². The van der Waals surface area contributed by atoms with Gasteiger partial charge in [-0.3, -0.25) is 0 Å². The van der Waals surface area contributed by atoms with E-state index in [-0.39, 0.29) is 5.41 Å². The molecule has 0 aliphatic heterocycles. The molecular weight excluding hydrogens is 224 g/mol. The monoisotopic (exact) mass is 250 g/mol. The van der Waals surface area contributed by atoms with Gasteiger partial charge in [0.1, 0.15) is 0 Å². The fourth-order valence-corrected chi connectivity index (χ4v) is 1.89. The molecule has 0 fully saturated rings. The van der Waals surface area contributed by atoms with Crippen molar-refractivity contribution in [2.24, 2.45) is 5.41 Å². The van der Waals surface area contributed by atoms with Gasteiger partial charge in [-0.05, 0) is 30.4 Å². The molecule has 0 saturated heterocycles. The van der Waals surface area contributed by atoms with E-state index < -0.39 is 0 Å². The minimum absolute atomic E-state index is 0.245. The van der Waals surface area contributed by atoms with Crippen molar-refractivity contribution in [1.82, 2.24) is 5.32 Å². The maximum atomic E-state index is 5.96. The molecule has 0 bridgehead atoms. The number of nitrogens with two attached hydrogens (primary N) is 1. The standard InChI is InChI=1S/C15H26N2O/c1-12-5-6-14(16)13(9-12)10-17-11-15(2,3)7-8-18-4/h5-6,9,17H,7-8,10-11,16H2,1-4H3. The van der Waals surface area contributed by atoms with Gasteiger partial charge in [0, 0.05) is 32.5 Å². The molecule has 0 saturated carbocycles. The first-order valence-corrected chi connectivity index (χ1v) is 6.49. The summed E-state index contributed by atoms with van der Waals surface area (Å²) in [6.45, 7) is 9.18. The summed E-state index contributed by atoms with van der Waals surface area (Å²) in [4.78, 5) is 0. The number of methoxy groups -OCH3 is 1. The molecule has 3 heteroatoms. The van der Waals surface area contributed by atoms with Gasteiger partial charge in [-0.2, -0.15) is 0 Å². The summed E-state index contributed by atoms with van der Waals surface area (Å²) in [7, 11) is 1.75. The summed E-state index contributed by atoms with van der Waals surface area (Å²) in [5.41, 5.74) is 9.50. The van der Waals surface area contributed by atoms with Gasteiger partial charge >= 0.3 is 0 Å². The summed E-state index contributed by atoms with van der Waals surface area (Å²) in [5.74, 6) is 0. The van der Waals surface area contributed by atoms with Crippen molar-refractivity contribution >= 4 is 5.69 Å². The number of hydrogen-bond acceptors (Lipinski definition) is 3. The molecule has 0 aromatic heterocycles. The number of aryl methyl sites for hydroxylation is 1. The molecule has 0 aliphatic rings. The summed E-state index contributed by atoms with van der Waals surface area (Å²) < 4.78 is 5.13. The summed E-state index contributed by atoms with van der Waals surface area (Å²) in [5, 5.41) is 3.48. The van der Waals surface area contributed by atoms with E-state index >= 15 is 0 Å². The highest BCUT2D eigenvalue weighted by Crippen LogP contribution is 2.19. The highest BCUT2D eigenvalue weighted by Gasteiger charge is 2.16. The van der Waals surface area contributed by atoms with E-state index in [1.807, 2.05) is 12.1 Å². The molecule has 0 radical (unpaired) electrons. The van der Waals surface area contributed by atoms with Crippen LogP contribution >= 0.6 is 0 Å². The molecule has 0 spiro atoms. The second kappa shape index (κ2) is 6.76. The quantitative estimate of drug-likeness (QED) is 0.731. The van der Waals surface area contributed by atoms with Crippen LogP contribution in [-0.2, 0) is 11.3 Å².